The number of hydrogen-bond acceptors (Lipinski definition) is 0. The average Bonchev–Trinajstić information content (AvgIpc) is 3.04. The van der Waals surface area contributed by atoms with E-state index in [4.69, 9.17) is 0 Å². The molecule has 0 N–H and O–H groups in total. The van der Waals surface area contributed by atoms with E-state index in [9.17, 15) is 0 Å². The van der Waals surface area contributed by atoms with Crippen LogP contribution in [0.3, 0.4) is 0 Å². The smallest absolute Gasteiger partial charge is 0.0620 e. The molecule has 3 aromatic rings. The van der Waals surface area contributed by atoms with Crippen molar-refractivity contribution in [3.05, 3.63) is 78.2 Å². The minimum Gasteiger partial charge on any atom is -0.308 e. The van der Waals surface area contributed by atoms with Gasteiger partial charge >= 0.3 is 0 Å². The van der Waals surface area contributed by atoms with Crippen LogP contribution in [-0.4, -0.2) is 4.40 Å². The summed E-state index contributed by atoms with van der Waals surface area (Å²) >= 11 is 0. The second-order valence-electron chi connectivity index (χ2n) is 5.43. The Hall–Kier alpha value is -2.80. The van der Waals surface area contributed by atoms with Crippen LogP contribution in [0.4, 0.5) is 0 Å². The van der Waals surface area contributed by atoms with E-state index < -0.39 is 0 Å². The van der Waals surface area contributed by atoms with E-state index in [-0.39, 0.29) is 0 Å². The third-order valence-electron chi connectivity index (χ3n) is 4.12. The largest absolute Gasteiger partial charge is 0.308 e. The minimum absolute atomic E-state index is 1.12. The molecule has 0 aliphatic rings. The fraction of sp³-hybridized carbons (Fsp3) is 0.0909. The van der Waals surface area contributed by atoms with Crippen molar-refractivity contribution in [3.63, 3.8) is 0 Å². The summed E-state index contributed by atoms with van der Waals surface area (Å²) in [5, 5.41) is 2.52. The highest BCUT2D eigenvalue weighted by molar-refractivity contribution is 6.09. The summed E-state index contributed by atoms with van der Waals surface area (Å²) < 4.78 is 2.32. The summed E-state index contributed by atoms with van der Waals surface area (Å²) in [5.74, 6) is 0. The van der Waals surface area contributed by atoms with Crippen LogP contribution < -0.4 is 0 Å². The van der Waals surface area contributed by atoms with E-state index in [0.717, 1.165) is 5.69 Å². The Morgan fingerprint density at radius 3 is 2.09 bits per heavy atom. The van der Waals surface area contributed by atoms with Gasteiger partial charge in [0.2, 0.25) is 0 Å². The lowest BCUT2D eigenvalue weighted by molar-refractivity contribution is 1.18. The molecule has 0 bridgehead atoms. The van der Waals surface area contributed by atoms with Gasteiger partial charge in [-0.05, 0) is 26.0 Å². The molecule has 1 aromatic carbocycles. The molecule has 0 amide bonds. The Balaban J connectivity index is 2.58. The second kappa shape index (κ2) is 6.13. The predicted octanol–water partition coefficient (Wildman–Crippen LogP) is 6.44. The van der Waals surface area contributed by atoms with Gasteiger partial charge in [-0.25, -0.2) is 0 Å². The van der Waals surface area contributed by atoms with Crippen molar-refractivity contribution >= 4 is 40.6 Å². The molecule has 0 radical (unpaired) electrons. The van der Waals surface area contributed by atoms with E-state index in [1.165, 1.54) is 33.1 Å². The Bertz CT molecular complexity index is 961. The first-order valence-electron chi connectivity index (χ1n) is 7.87. The molecule has 1 heteroatoms. The summed E-state index contributed by atoms with van der Waals surface area (Å²) in [5.41, 5.74) is 6.03. The lowest BCUT2D eigenvalue weighted by Crippen LogP contribution is -1.90. The summed E-state index contributed by atoms with van der Waals surface area (Å²) in [7, 11) is 0. The van der Waals surface area contributed by atoms with Crippen molar-refractivity contribution in [2.75, 3.05) is 0 Å². The molecule has 0 saturated carbocycles. The topological polar surface area (TPSA) is 4.41 Å². The number of benzene rings is 1. The molecule has 0 unspecified atom stereocenters. The van der Waals surface area contributed by atoms with Gasteiger partial charge in [0, 0.05) is 21.9 Å². The number of aromatic nitrogens is 1. The third kappa shape index (κ3) is 2.17. The van der Waals surface area contributed by atoms with Gasteiger partial charge in [0.25, 0.3) is 0 Å². The Morgan fingerprint density at radius 1 is 0.870 bits per heavy atom. The minimum atomic E-state index is 1.12. The second-order valence-corrected chi connectivity index (χ2v) is 5.43. The number of hydrogen-bond donors (Lipinski definition) is 0. The first kappa shape index (κ1) is 15.1. The quantitative estimate of drug-likeness (QED) is 0.478. The van der Waals surface area contributed by atoms with Gasteiger partial charge in [-0.1, -0.05) is 67.8 Å². The summed E-state index contributed by atoms with van der Waals surface area (Å²) in [6.07, 6.45) is 16.4. The maximum Gasteiger partial charge on any atom is 0.0620 e. The molecule has 0 aliphatic carbocycles. The normalized spacial score (nSPS) is 12.6. The number of nitrogens with zero attached hydrogens (tertiary/aromatic N) is 1. The zero-order chi connectivity index (χ0) is 16.4. The van der Waals surface area contributed by atoms with Crippen molar-refractivity contribution in [2.24, 2.45) is 0 Å². The number of para-hydroxylation sites is 1. The molecule has 0 aliphatic heterocycles. The Labute approximate surface area is 137 Å². The van der Waals surface area contributed by atoms with Crippen LogP contribution in [0.15, 0.2) is 55.7 Å². The molecular formula is C22H21N. The van der Waals surface area contributed by atoms with Crippen LogP contribution >= 0.6 is 0 Å². The van der Waals surface area contributed by atoms with Crippen LogP contribution in [0.2, 0.25) is 0 Å². The van der Waals surface area contributed by atoms with Gasteiger partial charge in [-0.3, -0.25) is 0 Å². The van der Waals surface area contributed by atoms with Crippen molar-refractivity contribution in [3.8, 4) is 0 Å². The van der Waals surface area contributed by atoms with Gasteiger partial charge in [0.05, 0.1) is 16.9 Å². The van der Waals surface area contributed by atoms with Gasteiger partial charge in [0.15, 0.2) is 0 Å². The van der Waals surface area contributed by atoms with Gasteiger partial charge < -0.3 is 4.40 Å². The standard InChI is InChI=1S/C22H21N/c1-5-9-13-17-19-15-10-14-18-16(11-6-2)21(12-7-3)23(22(18)19)20(17)8-4/h5-15H,1,4H2,2-3H3/b11-6-,12-7-,13-9-. The molecular weight excluding hydrogens is 278 g/mol. The summed E-state index contributed by atoms with van der Waals surface area (Å²) in [6, 6.07) is 6.50. The molecule has 0 saturated heterocycles. The number of rotatable bonds is 5. The number of allylic oxidation sites excluding steroid dienone is 4. The van der Waals surface area contributed by atoms with Crippen molar-refractivity contribution < 1.29 is 0 Å². The highest BCUT2D eigenvalue weighted by Gasteiger charge is 2.20. The Morgan fingerprint density at radius 2 is 1.52 bits per heavy atom. The molecule has 2 heterocycles. The van der Waals surface area contributed by atoms with Crippen LogP contribution in [0.1, 0.15) is 36.4 Å². The molecule has 23 heavy (non-hydrogen) atoms. The van der Waals surface area contributed by atoms with E-state index in [1.807, 2.05) is 12.2 Å². The molecule has 0 fully saturated rings. The van der Waals surface area contributed by atoms with Crippen LogP contribution in [0.25, 0.3) is 40.6 Å². The first-order chi connectivity index (χ1) is 11.3. The highest BCUT2D eigenvalue weighted by Crippen LogP contribution is 2.38. The third-order valence-corrected chi connectivity index (χ3v) is 4.12. The maximum absolute atomic E-state index is 4.05. The zero-order valence-electron chi connectivity index (χ0n) is 13.7. The molecule has 1 nitrogen and oxygen atoms in total. The van der Waals surface area contributed by atoms with Crippen molar-refractivity contribution in [1.82, 2.24) is 4.40 Å². The van der Waals surface area contributed by atoms with E-state index in [1.54, 1.807) is 6.08 Å². The predicted molar refractivity (Wildman–Crippen MR) is 105 cm³/mol. The average molecular weight is 299 g/mol. The SMILES string of the molecule is C=C/C=C\c1c(C=C)n2c(/C=C\C)c(/C=C\C)c3cccc1c32. The van der Waals surface area contributed by atoms with Crippen LogP contribution in [-0.2, 0) is 0 Å². The van der Waals surface area contributed by atoms with E-state index in [0.29, 0.717) is 0 Å². The van der Waals surface area contributed by atoms with Crippen LogP contribution in [0, 0.1) is 0 Å². The maximum atomic E-state index is 4.05. The zero-order valence-corrected chi connectivity index (χ0v) is 13.7. The van der Waals surface area contributed by atoms with Gasteiger partial charge in [0.1, 0.15) is 0 Å². The molecule has 114 valence electrons. The van der Waals surface area contributed by atoms with Gasteiger partial charge in [-0.2, -0.15) is 0 Å². The molecule has 3 rings (SSSR count). The molecule has 2 aromatic heterocycles. The van der Waals surface area contributed by atoms with Crippen molar-refractivity contribution in [1.29, 1.82) is 0 Å². The van der Waals surface area contributed by atoms with E-state index >= 15 is 0 Å². The Kier molecular flexibility index (Phi) is 4.03. The first-order valence-corrected chi connectivity index (χ1v) is 7.87. The monoisotopic (exact) mass is 299 g/mol. The lowest BCUT2D eigenvalue weighted by atomic mass is 10.0. The van der Waals surface area contributed by atoms with Crippen molar-refractivity contribution in [2.45, 2.75) is 13.8 Å². The molecule has 0 atom stereocenters. The van der Waals surface area contributed by atoms with Gasteiger partial charge in [-0.15, -0.1) is 0 Å². The van der Waals surface area contributed by atoms with Crippen LogP contribution in [0.5, 0.6) is 0 Å². The molecule has 0 spiro atoms. The summed E-state index contributed by atoms with van der Waals surface area (Å²) in [6.45, 7) is 11.9. The highest BCUT2D eigenvalue weighted by atomic mass is 14.9. The lowest BCUT2D eigenvalue weighted by Gasteiger charge is -2.02. The van der Waals surface area contributed by atoms with E-state index in [2.05, 4.69) is 80.0 Å². The summed E-state index contributed by atoms with van der Waals surface area (Å²) in [4.78, 5) is 0. The fourth-order valence-electron chi connectivity index (χ4n) is 3.31. The fourth-order valence-corrected chi connectivity index (χ4v) is 3.31.